The predicted octanol–water partition coefficient (Wildman–Crippen LogP) is 2.70. The lowest BCUT2D eigenvalue weighted by molar-refractivity contribution is -0.0615. The van der Waals surface area contributed by atoms with Gasteiger partial charge < -0.3 is 14.8 Å². The van der Waals surface area contributed by atoms with Gasteiger partial charge >= 0.3 is 0 Å². The summed E-state index contributed by atoms with van der Waals surface area (Å²) >= 11 is 0. The van der Waals surface area contributed by atoms with Crippen molar-refractivity contribution >= 4 is 5.91 Å². The van der Waals surface area contributed by atoms with Crippen LogP contribution in [0.1, 0.15) is 42.7 Å². The van der Waals surface area contributed by atoms with E-state index in [-0.39, 0.29) is 17.6 Å². The summed E-state index contributed by atoms with van der Waals surface area (Å²) in [4.78, 5) is 12.5. The van der Waals surface area contributed by atoms with Crippen LogP contribution >= 0.6 is 0 Å². The van der Waals surface area contributed by atoms with Crippen molar-refractivity contribution in [2.75, 3.05) is 13.2 Å². The Hall–Kier alpha value is -2.34. The summed E-state index contributed by atoms with van der Waals surface area (Å²) in [6.45, 7) is 5.51. The van der Waals surface area contributed by atoms with Crippen molar-refractivity contribution in [1.29, 1.82) is 0 Å². The van der Waals surface area contributed by atoms with Gasteiger partial charge in [-0.3, -0.25) is 9.89 Å². The fraction of sp³-hybridized carbons (Fsp3) is 0.474. The molecule has 2 aliphatic heterocycles. The first-order chi connectivity index (χ1) is 12.0. The van der Waals surface area contributed by atoms with E-state index in [0.717, 1.165) is 42.9 Å². The zero-order valence-corrected chi connectivity index (χ0v) is 14.6. The maximum Gasteiger partial charge on any atom is 0.269 e. The quantitative estimate of drug-likeness (QED) is 0.900. The highest BCUT2D eigenvalue weighted by Gasteiger charge is 2.30. The third-order valence-electron chi connectivity index (χ3n) is 4.84. The zero-order chi connectivity index (χ0) is 17.4. The van der Waals surface area contributed by atoms with E-state index in [1.807, 2.05) is 12.1 Å². The predicted molar refractivity (Wildman–Crippen MR) is 93.7 cm³/mol. The van der Waals surface area contributed by atoms with E-state index in [1.165, 1.54) is 5.56 Å². The lowest BCUT2D eigenvalue weighted by Gasteiger charge is -2.35. The monoisotopic (exact) mass is 341 g/mol. The number of hydrogen-bond donors (Lipinski definition) is 2. The summed E-state index contributed by atoms with van der Waals surface area (Å²) < 4.78 is 11.2. The number of benzene rings is 1. The lowest BCUT2D eigenvalue weighted by atomic mass is 9.94. The smallest absolute Gasteiger partial charge is 0.269 e. The molecule has 2 N–H and O–H groups in total. The Kier molecular flexibility index (Phi) is 4.00. The number of carbonyl (C=O) groups excluding carboxylic acids is 1. The minimum atomic E-state index is -0.193. The summed E-state index contributed by atoms with van der Waals surface area (Å²) in [5.41, 5.74) is 3.24. The van der Waals surface area contributed by atoms with Crippen LogP contribution in [0.2, 0.25) is 0 Å². The number of ether oxygens (including phenoxy) is 2. The fourth-order valence-corrected chi connectivity index (χ4v) is 3.55. The molecule has 132 valence electrons. The highest BCUT2D eigenvalue weighted by Crippen LogP contribution is 2.30. The summed E-state index contributed by atoms with van der Waals surface area (Å²) in [5, 5.41) is 10.2. The maximum absolute atomic E-state index is 12.5. The molecule has 0 unspecified atom stereocenters. The number of aromatic nitrogens is 2. The molecule has 1 amide bonds. The molecule has 3 heterocycles. The van der Waals surface area contributed by atoms with Gasteiger partial charge in [-0.25, -0.2) is 0 Å². The van der Waals surface area contributed by atoms with Crippen molar-refractivity contribution in [3.05, 3.63) is 35.5 Å². The van der Waals surface area contributed by atoms with Crippen LogP contribution in [0.5, 0.6) is 5.75 Å². The van der Waals surface area contributed by atoms with Crippen LogP contribution in [-0.2, 0) is 11.2 Å². The number of carbonyl (C=O) groups is 1. The normalized spacial score (nSPS) is 21.4. The minimum absolute atomic E-state index is 0.119. The molecule has 1 fully saturated rings. The Labute approximate surface area is 146 Å². The number of amides is 1. The first-order valence-electron chi connectivity index (χ1n) is 8.76. The van der Waals surface area contributed by atoms with Crippen molar-refractivity contribution in [3.63, 3.8) is 0 Å². The SMILES string of the molecule is CC1(C)C[C@H](NC(=O)c2cc(-c3ccc4c(c3)CCO4)n[nH]2)CCO1. The zero-order valence-electron chi connectivity index (χ0n) is 14.6. The van der Waals surface area contributed by atoms with Gasteiger partial charge in [0, 0.05) is 24.6 Å². The maximum atomic E-state index is 12.5. The number of H-pyrrole nitrogens is 1. The molecular weight excluding hydrogens is 318 g/mol. The summed E-state index contributed by atoms with van der Waals surface area (Å²) in [5.74, 6) is 0.824. The first kappa shape index (κ1) is 16.1. The molecule has 2 aromatic rings. The van der Waals surface area contributed by atoms with Crippen LogP contribution < -0.4 is 10.1 Å². The van der Waals surface area contributed by atoms with E-state index >= 15 is 0 Å². The molecule has 25 heavy (non-hydrogen) atoms. The van der Waals surface area contributed by atoms with E-state index in [2.05, 4.69) is 35.4 Å². The molecule has 2 aliphatic rings. The van der Waals surface area contributed by atoms with Crippen molar-refractivity contribution in [1.82, 2.24) is 15.5 Å². The van der Waals surface area contributed by atoms with Gasteiger partial charge in [-0.2, -0.15) is 5.10 Å². The molecule has 4 rings (SSSR count). The van der Waals surface area contributed by atoms with Crippen LogP contribution in [-0.4, -0.2) is 41.0 Å². The van der Waals surface area contributed by atoms with Gasteiger partial charge in [-0.05, 0) is 56.5 Å². The number of hydrogen-bond acceptors (Lipinski definition) is 4. The third kappa shape index (κ3) is 3.39. The third-order valence-corrected chi connectivity index (χ3v) is 4.84. The Morgan fingerprint density at radius 3 is 3.04 bits per heavy atom. The Morgan fingerprint density at radius 1 is 1.32 bits per heavy atom. The molecular formula is C19H23N3O3. The number of nitrogens with zero attached hydrogens (tertiary/aromatic N) is 1. The highest BCUT2D eigenvalue weighted by atomic mass is 16.5. The van der Waals surface area contributed by atoms with Gasteiger partial charge in [0.15, 0.2) is 0 Å². The van der Waals surface area contributed by atoms with Crippen LogP contribution in [0.3, 0.4) is 0 Å². The highest BCUT2D eigenvalue weighted by molar-refractivity contribution is 5.93. The Balaban J connectivity index is 1.46. The molecule has 1 aromatic heterocycles. The number of fused-ring (bicyclic) bond motifs is 1. The molecule has 1 saturated heterocycles. The van der Waals surface area contributed by atoms with Crippen LogP contribution in [0.4, 0.5) is 0 Å². The Bertz CT molecular complexity index is 797. The Morgan fingerprint density at radius 2 is 2.20 bits per heavy atom. The lowest BCUT2D eigenvalue weighted by Crippen LogP contribution is -2.45. The van der Waals surface area contributed by atoms with E-state index in [0.29, 0.717) is 12.3 Å². The molecule has 0 saturated carbocycles. The van der Waals surface area contributed by atoms with Crippen molar-refractivity contribution in [3.8, 4) is 17.0 Å². The van der Waals surface area contributed by atoms with Gasteiger partial charge in [-0.15, -0.1) is 0 Å². The average molecular weight is 341 g/mol. The standard InChI is InChI=1S/C19H23N3O3/c1-19(2)11-14(6-8-25-19)20-18(23)16-10-15(21-22-16)12-3-4-17-13(9-12)5-7-24-17/h3-4,9-10,14H,5-8,11H2,1-2H3,(H,20,23)(H,21,22)/t14-/m1/s1. The van der Waals surface area contributed by atoms with Crippen molar-refractivity contribution < 1.29 is 14.3 Å². The van der Waals surface area contributed by atoms with E-state index in [4.69, 9.17) is 9.47 Å². The van der Waals surface area contributed by atoms with Gasteiger partial charge in [0.25, 0.3) is 5.91 Å². The second-order valence-electron chi connectivity index (χ2n) is 7.36. The van der Waals surface area contributed by atoms with Crippen molar-refractivity contribution in [2.24, 2.45) is 0 Å². The topological polar surface area (TPSA) is 76.2 Å². The second-order valence-corrected chi connectivity index (χ2v) is 7.36. The van der Waals surface area contributed by atoms with Crippen LogP contribution in [0, 0.1) is 0 Å². The van der Waals surface area contributed by atoms with Gasteiger partial charge in [0.1, 0.15) is 11.4 Å². The average Bonchev–Trinajstić information content (AvgIpc) is 3.22. The molecule has 0 spiro atoms. The number of aromatic amines is 1. The number of rotatable bonds is 3. The van der Waals surface area contributed by atoms with Crippen LogP contribution in [0.15, 0.2) is 24.3 Å². The minimum Gasteiger partial charge on any atom is -0.493 e. The fourth-order valence-electron chi connectivity index (χ4n) is 3.55. The van der Waals surface area contributed by atoms with E-state index < -0.39 is 0 Å². The van der Waals surface area contributed by atoms with Crippen molar-refractivity contribution in [2.45, 2.75) is 44.8 Å². The number of nitrogens with one attached hydrogen (secondary N) is 2. The van der Waals surface area contributed by atoms with E-state index in [1.54, 1.807) is 6.07 Å². The molecule has 0 bridgehead atoms. The molecule has 1 aromatic carbocycles. The molecule has 6 nitrogen and oxygen atoms in total. The van der Waals surface area contributed by atoms with Gasteiger partial charge in [-0.1, -0.05) is 0 Å². The summed E-state index contributed by atoms with van der Waals surface area (Å²) in [6, 6.07) is 7.96. The first-order valence-corrected chi connectivity index (χ1v) is 8.76. The van der Waals surface area contributed by atoms with Crippen LogP contribution in [0.25, 0.3) is 11.3 Å². The largest absolute Gasteiger partial charge is 0.493 e. The van der Waals surface area contributed by atoms with Gasteiger partial charge in [0.05, 0.1) is 17.9 Å². The molecule has 6 heteroatoms. The van der Waals surface area contributed by atoms with E-state index in [9.17, 15) is 4.79 Å². The molecule has 1 atom stereocenters. The van der Waals surface area contributed by atoms with Gasteiger partial charge in [0.2, 0.25) is 0 Å². The summed E-state index contributed by atoms with van der Waals surface area (Å²) in [6.07, 6.45) is 2.56. The summed E-state index contributed by atoms with van der Waals surface area (Å²) in [7, 11) is 0. The molecule has 0 radical (unpaired) electrons. The molecule has 0 aliphatic carbocycles. The second kappa shape index (κ2) is 6.19.